The number of nitrogens with zero attached hydrogens (tertiary/aromatic N) is 1. The van der Waals surface area contributed by atoms with E-state index >= 15 is 0 Å². The van der Waals surface area contributed by atoms with E-state index in [1.165, 1.54) is 23.5 Å². The lowest BCUT2D eigenvalue weighted by Gasteiger charge is -2.12. The van der Waals surface area contributed by atoms with Crippen molar-refractivity contribution in [2.75, 3.05) is 11.5 Å². The first-order valence-electron chi connectivity index (χ1n) is 5.54. The number of aryl methyl sites for hydroxylation is 1. The molecular formula is C11H21N3S. The SMILES string of the molecule is CCSCCC(C)NCc1cn[nH]c1C. The topological polar surface area (TPSA) is 40.7 Å². The highest BCUT2D eigenvalue weighted by atomic mass is 32.2. The molecule has 0 bridgehead atoms. The summed E-state index contributed by atoms with van der Waals surface area (Å²) in [5, 5.41) is 10.5. The number of H-pyrrole nitrogens is 1. The Kier molecular flexibility index (Phi) is 5.79. The smallest absolute Gasteiger partial charge is 0.0535 e. The Morgan fingerprint density at radius 1 is 1.60 bits per heavy atom. The van der Waals surface area contributed by atoms with E-state index in [0.29, 0.717) is 6.04 Å². The molecule has 1 atom stereocenters. The second-order valence-corrected chi connectivity index (χ2v) is 5.18. The predicted octanol–water partition coefficient (Wildman–Crippen LogP) is 2.34. The van der Waals surface area contributed by atoms with Crippen LogP contribution in [0.1, 0.15) is 31.5 Å². The average molecular weight is 227 g/mol. The standard InChI is InChI=1S/C11H21N3S/c1-4-15-6-5-9(2)12-7-11-8-13-14-10(11)3/h8-9,12H,4-7H2,1-3H3,(H,13,14). The van der Waals surface area contributed by atoms with Gasteiger partial charge in [0.05, 0.1) is 6.20 Å². The highest BCUT2D eigenvalue weighted by molar-refractivity contribution is 7.99. The Labute approximate surface area is 96.4 Å². The van der Waals surface area contributed by atoms with Crippen molar-refractivity contribution in [1.82, 2.24) is 15.5 Å². The molecular weight excluding hydrogens is 206 g/mol. The van der Waals surface area contributed by atoms with Crippen molar-refractivity contribution in [3.63, 3.8) is 0 Å². The van der Waals surface area contributed by atoms with Gasteiger partial charge in [-0.3, -0.25) is 5.10 Å². The summed E-state index contributed by atoms with van der Waals surface area (Å²) in [6.07, 6.45) is 3.13. The highest BCUT2D eigenvalue weighted by Crippen LogP contribution is 2.06. The Bertz CT molecular complexity index is 273. The number of rotatable bonds is 7. The molecule has 4 heteroatoms. The lowest BCUT2D eigenvalue weighted by atomic mass is 10.2. The van der Waals surface area contributed by atoms with Gasteiger partial charge in [0.15, 0.2) is 0 Å². The minimum absolute atomic E-state index is 0.582. The number of hydrogen-bond donors (Lipinski definition) is 2. The zero-order valence-corrected chi connectivity index (χ0v) is 10.7. The largest absolute Gasteiger partial charge is 0.310 e. The molecule has 86 valence electrons. The predicted molar refractivity (Wildman–Crippen MR) is 67.2 cm³/mol. The van der Waals surface area contributed by atoms with Crippen molar-refractivity contribution in [3.05, 3.63) is 17.5 Å². The Balaban J connectivity index is 2.16. The van der Waals surface area contributed by atoms with Crippen molar-refractivity contribution in [1.29, 1.82) is 0 Å². The van der Waals surface area contributed by atoms with E-state index in [1.54, 1.807) is 0 Å². The first kappa shape index (κ1) is 12.6. The molecule has 3 nitrogen and oxygen atoms in total. The molecule has 1 unspecified atom stereocenters. The van der Waals surface area contributed by atoms with Gasteiger partial charge in [-0.1, -0.05) is 6.92 Å². The third-order valence-electron chi connectivity index (χ3n) is 2.47. The summed E-state index contributed by atoms with van der Waals surface area (Å²) in [7, 11) is 0. The molecule has 1 aromatic rings. The summed E-state index contributed by atoms with van der Waals surface area (Å²) in [4.78, 5) is 0. The van der Waals surface area contributed by atoms with E-state index in [9.17, 15) is 0 Å². The number of thioether (sulfide) groups is 1. The van der Waals surface area contributed by atoms with E-state index in [1.807, 2.05) is 18.0 Å². The maximum absolute atomic E-state index is 4.01. The highest BCUT2D eigenvalue weighted by Gasteiger charge is 2.03. The Hall–Kier alpha value is -0.480. The Morgan fingerprint density at radius 3 is 3.00 bits per heavy atom. The number of hydrogen-bond acceptors (Lipinski definition) is 3. The first-order valence-corrected chi connectivity index (χ1v) is 6.69. The molecule has 15 heavy (non-hydrogen) atoms. The monoisotopic (exact) mass is 227 g/mol. The molecule has 1 rings (SSSR count). The van der Waals surface area contributed by atoms with Crippen molar-refractivity contribution in [2.24, 2.45) is 0 Å². The van der Waals surface area contributed by atoms with Gasteiger partial charge in [0.25, 0.3) is 0 Å². The van der Waals surface area contributed by atoms with Crippen molar-refractivity contribution in [2.45, 2.75) is 39.8 Å². The van der Waals surface area contributed by atoms with Crippen LogP contribution in [0.4, 0.5) is 0 Å². The van der Waals surface area contributed by atoms with Crippen LogP contribution in [0, 0.1) is 6.92 Å². The van der Waals surface area contributed by atoms with Crippen LogP contribution in [-0.4, -0.2) is 27.7 Å². The zero-order chi connectivity index (χ0) is 11.1. The molecule has 0 radical (unpaired) electrons. The lowest BCUT2D eigenvalue weighted by Crippen LogP contribution is -2.26. The molecule has 0 amide bonds. The summed E-state index contributed by atoms with van der Waals surface area (Å²) in [5.74, 6) is 2.46. The minimum Gasteiger partial charge on any atom is -0.310 e. The van der Waals surface area contributed by atoms with E-state index in [-0.39, 0.29) is 0 Å². The lowest BCUT2D eigenvalue weighted by molar-refractivity contribution is 0.536. The summed E-state index contributed by atoms with van der Waals surface area (Å²) >= 11 is 2.00. The zero-order valence-electron chi connectivity index (χ0n) is 9.84. The van der Waals surface area contributed by atoms with Gasteiger partial charge in [0.2, 0.25) is 0 Å². The van der Waals surface area contributed by atoms with E-state index in [2.05, 4.69) is 36.3 Å². The van der Waals surface area contributed by atoms with Crippen molar-refractivity contribution < 1.29 is 0 Å². The van der Waals surface area contributed by atoms with Crippen LogP contribution in [0.3, 0.4) is 0 Å². The summed E-state index contributed by atoms with van der Waals surface area (Å²) in [5.41, 5.74) is 2.43. The van der Waals surface area contributed by atoms with Crippen LogP contribution in [0.15, 0.2) is 6.20 Å². The van der Waals surface area contributed by atoms with Crippen LogP contribution in [0.25, 0.3) is 0 Å². The number of aromatic amines is 1. The van der Waals surface area contributed by atoms with Gasteiger partial charge < -0.3 is 5.32 Å². The molecule has 1 heterocycles. The average Bonchev–Trinajstić information content (AvgIpc) is 2.61. The van der Waals surface area contributed by atoms with Gasteiger partial charge in [-0.25, -0.2) is 0 Å². The molecule has 0 aromatic carbocycles. The second kappa shape index (κ2) is 6.90. The van der Waals surface area contributed by atoms with Crippen LogP contribution in [0.2, 0.25) is 0 Å². The van der Waals surface area contributed by atoms with Gasteiger partial charge >= 0.3 is 0 Å². The summed E-state index contributed by atoms with van der Waals surface area (Å²) in [6.45, 7) is 7.42. The molecule has 0 fully saturated rings. The molecule has 0 aliphatic carbocycles. The van der Waals surface area contributed by atoms with Gasteiger partial charge in [-0.15, -0.1) is 0 Å². The quantitative estimate of drug-likeness (QED) is 0.702. The second-order valence-electron chi connectivity index (χ2n) is 3.79. The van der Waals surface area contributed by atoms with E-state index < -0.39 is 0 Å². The van der Waals surface area contributed by atoms with Crippen LogP contribution < -0.4 is 5.32 Å². The van der Waals surface area contributed by atoms with Crippen LogP contribution in [0.5, 0.6) is 0 Å². The molecule has 1 aromatic heterocycles. The third-order valence-corrected chi connectivity index (χ3v) is 3.41. The molecule has 0 aliphatic heterocycles. The fourth-order valence-electron chi connectivity index (χ4n) is 1.34. The van der Waals surface area contributed by atoms with Crippen LogP contribution in [-0.2, 0) is 6.54 Å². The van der Waals surface area contributed by atoms with Crippen LogP contribution >= 0.6 is 11.8 Å². The summed E-state index contributed by atoms with van der Waals surface area (Å²) < 4.78 is 0. The summed E-state index contributed by atoms with van der Waals surface area (Å²) in [6, 6.07) is 0.582. The molecule has 0 aliphatic rings. The maximum atomic E-state index is 4.01. The van der Waals surface area contributed by atoms with Crippen molar-refractivity contribution >= 4 is 11.8 Å². The van der Waals surface area contributed by atoms with Gasteiger partial charge in [0, 0.05) is 23.8 Å². The van der Waals surface area contributed by atoms with E-state index in [4.69, 9.17) is 0 Å². The van der Waals surface area contributed by atoms with Gasteiger partial charge in [0.1, 0.15) is 0 Å². The first-order chi connectivity index (χ1) is 7.24. The number of aromatic nitrogens is 2. The number of nitrogens with one attached hydrogen (secondary N) is 2. The molecule has 0 saturated carbocycles. The normalized spacial score (nSPS) is 13.0. The van der Waals surface area contributed by atoms with E-state index in [0.717, 1.165) is 12.2 Å². The minimum atomic E-state index is 0.582. The maximum Gasteiger partial charge on any atom is 0.0535 e. The van der Waals surface area contributed by atoms with Crippen molar-refractivity contribution in [3.8, 4) is 0 Å². The fraction of sp³-hybridized carbons (Fsp3) is 0.727. The van der Waals surface area contributed by atoms with Gasteiger partial charge in [-0.05, 0) is 31.8 Å². The molecule has 0 spiro atoms. The Morgan fingerprint density at radius 2 is 2.40 bits per heavy atom. The van der Waals surface area contributed by atoms with Gasteiger partial charge in [-0.2, -0.15) is 16.9 Å². The third kappa shape index (κ3) is 4.71. The fourth-order valence-corrected chi connectivity index (χ4v) is 2.15. The molecule has 0 saturated heterocycles. The molecule has 2 N–H and O–H groups in total.